The lowest BCUT2D eigenvalue weighted by molar-refractivity contribution is 0.423. The van der Waals surface area contributed by atoms with Crippen molar-refractivity contribution in [2.75, 3.05) is 6.54 Å². The average Bonchev–Trinajstić information content (AvgIpc) is 2.85. The van der Waals surface area contributed by atoms with E-state index in [0.717, 1.165) is 24.1 Å². The van der Waals surface area contributed by atoms with Crippen molar-refractivity contribution in [1.82, 2.24) is 10.3 Å². The fraction of sp³-hybridized carbons (Fsp3) is 0.400. The molecule has 1 atom stereocenters. The van der Waals surface area contributed by atoms with Gasteiger partial charge in [0.15, 0.2) is 5.76 Å². The molecule has 0 aliphatic carbocycles. The molecule has 0 aliphatic heterocycles. The number of aromatic nitrogens is 1. The third-order valence-electron chi connectivity index (χ3n) is 2.98. The van der Waals surface area contributed by atoms with Crippen LogP contribution in [-0.2, 0) is 0 Å². The molecular formula is C15H19ClN2O. The third kappa shape index (κ3) is 3.37. The first-order chi connectivity index (χ1) is 9.11. The van der Waals surface area contributed by atoms with Crippen LogP contribution >= 0.6 is 11.6 Å². The van der Waals surface area contributed by atoms with Crippen molar-refractivity contribution < 1.29 is 4.42 Å². The zero-order valence-corrected chi connectivity index (χ0v) is 12.3. The molecule has 0 aliphatic rings. The Kier molecular flexibility index (Phi) is 4.61. The van der Waals surface area contributed by atoms with Crippen LogP contribution in [0.15, 0.2) is 28.8 Å². The molecule has 1 aromatic heterocycles. The van der Waals surface area contributed by atoms with Crippen molar-refractivity contribution >= 4 is 11.6 Å². The highest BCUT2D eigenvalue weighted by Crippen LogP contribution is 2.30. The lowest BCUT2D eigenvalue weighted by Gasteiger charge is -2.08. The summed E-state index contributed by atoms with van der Waals surface area (Å²) in [6.45, 7) is 7.14. The quantitative estimate of drug-likeness (QED) is 0.883. The molecule has 2 aromatic rings. The number of nitrogens with one attached hydrogen (secondary N) is 1. The minimum absolute atomic E-state index is 0.109. The normalized spacial score (nSPS) is 12.6. The zero-order valence-electron chi connectivity index (χ0n) is 11.5. The van der Waals surface area contributed by atoms with Crippen LogP contribution in [0.3, 0.4) is 0 Å². The van der Waals surface area contributed by atoms with Crippen LogP contribution in [0.2, 0.25) is 5.02 Å². The Labute approximate surface area is 119 Å². The van der Waals surface area contributed by atoms with E-state index in [1.807, 2.05) is 32.0 Å². The van der Waals surface area contributed by atoms with Gasteiger partial charge in [-0.2, -0.15) is 0 Å². The first kappa shape index (κ1) is 14.1. The van der Waals surface area contributed by atoms with Crippen LogP contribution in [0.1, 0.15) is 37.8 Å². The second-order valence-electron chi connectivity index (χ2n) is 4.72. The fourth-order valence-electron chi connectivity index (χ4n) is 1.88. The van der Waals surface area contributed by atoms with Gasteiger partial charge >= 0.3 is 0 Å². The summed E-state index contributed by atoms with van der Waals surface area (Å²) in [5.41, 5.74) is 2.01. The van der Waals surface area contributed by atoms with Gasteiger partial charge < -0.3 is 9.73 Å². The summed E-state index contributed by atoms with van der Waals surface area (Å²) in [5, 5.41) is 4.04. The number of oxazole rings is 1. The van der Waals surface area contributed by atoms with E-state index in [4.69, 9.17) is 16.0 Å². The van der Waals surface area contributed by atoms with Crippen molar-refractivity contribution in [2.45, 2.75) is 33.2 Å². The number of hydrogen-bond donors (Lipinski definition) is 1. The van der Waals surface area contributed by atoms with Gasteiger partial charge in [0.2, 0.25) is 5.89 Å². The van der Waals surface area contributed by atoms with Crippen LogP contribution in [0.25, 0.3) is 11.3 Å². The van der Waals surface area contributed by atoms with E-state index in [2.05, 4.69) is 17.2 Å². The molecule has 1 aromatic carbocycles. The van der Waals surface area contributed by atoms with Crippen LogP contribution in [0, 0.1) is 6.92 Å². The van der Waals surface area contributed by atoms with Gasteiger partial charge in [-0.1, -0.05) is 24.6 Å². The molecule has 1 unspecified atom stereocenters. The number of rotatable bonds is 5. The lowest BCUT2D eigenvalue weighted by Crippen LogP contribution is -2.19. The van der Waals surface area contributed by atoms with Gasteiger partial charge in [-0.15, -0.1) is 0 Å². The van der Waals surface area contributed by atoms with Gasteiger partial charge in [0.05, 0.1) is 17.3 Å². The van der Waals surface area contributed by atoms with Crippen molar-refractivity contribution in [2.24, 2.45) is 0 Å². The molecule has 4 heteroatoms. The maximum absolute atomic E-state index is 6.23. The molecule has 102 valence electrons. The molecule has 0 amide bonds. The fourth-order valence-corrected chi connectivity index (χ4v) is 2.21. The number of benzene rings is 1. The van der Waals surface area contributed by atoms with Crippen LogP contribution in [-0.4, -0.2) is 11.5 Å². The molecule has 1 N–H and O–H groups in total. The Bertz CT molecular complexity index is 551. The Balaban J connectivity index is 2.20. The van der Waals surface area contributed by atoms with Crippen LogP contribution in [0.4, 0.5) is 0 Å². The molecule has 1 heterocycles. The van der Waals surface area contributed by atoms with Gasteiger partial charge in [-0.05, 0) is 44.5 Å². The van der Waals surface area contributed by atoms with E-state index in [0.29, 0.717) is 16.7 Å². The second-order valence-corrected chi connectivity index (χ2v) is 5.13. The summed E-state index contributed by atoms with van der Waals surface area (Å²) < 4.78 is 5.79. The van der Waals surface area contributed by atoms with E-state index < -0.39 is 0 Å². The Hall–Kier alpha value is -1.32. The van der Waals surface area contributed by atoms with Crippen molar-refractivity contribution in [1.29, 1.82) is 0 Å². The Morgan fingerprint density at radius 2 is 2.21 bits per heavy atom. The van der Waals surface area contributed by atoms with Crippen molar-refractivity contribution in [3.63, 3.8) is 0 Å². The van der Waals surface area contributed by atoms with E-state index in [1.165, 1.54) is 0 Å². The molecule has 0 saturated carbocycles. The first-order valence-corrected chi connectivity index (χ1v) is 6.95. The zero-order chi connectivity index (χ0) is 13.8. The Morgan fingerprint density at radius 1 is 1.42 bits per heavy atom. The van der Waals surface area contributed by atoms with Gasteiger partial charge in [-0.25, -0.2) is 4.98 Å². The molecule has 0 fully saturated rings. The minimum Gasteiger partial charge on any atom is -0.439 e. The first-order valence-electron chi connectivity index (χ1n) is 6.57. The molecule has 0 bridgehead atoms. The average molecular weight is 279 g/mol. The highest BCUT2D eigenvalue weighted by atomic mass is 35.5. The monoisotopic (exact) mass is 278 g/mol. The summed E-state index contributed by atoms with van der Waals surface area (Å²) >= 11 is 6.23. The van der Waals surface area contributed by atoms with E-state index >= 15 is 0 Å². The SMILES string of the molecule is CCCNC(C)c1ncc(-c2ccc(C)cc2Cl)o1. The summed E-state index contributed by atoms with van der Waals surface area (Å²) in [5.74, 6) is 1.41. The number of halogens is 1. The third-order valence-corrected chi connectivity index (χ3v) is 3.30. The number of aryl methyl sites for hydroxylation is 1. The Morgan fingerprint density at radius 3 is 2.89 bits per heavy atom. The molecule has 19 heavy (non-hydrogen) atoms. The maximum Gasteiger partial charge on any atom is 0.211 e. The minimum atomic E-state index is 0.109. The standard InChI is InChI=1S/C15H19ClN2O/c1-4-7-17-11(3)15-18-9-14(19-15)12-6-5-10(2)8-13(12)16/h5-6,8-9,11,17H,4,7H2,1-3H3. The highest BCUT2D eigenvalue weighted by molar-refractivity contribution is 6.33. The summed E-state index contributed by atoms with van der Waals surface area (Å²) in [6, 6.07) is 6.02. The number of hydrogen-bond acceptors (Lipinski definition) is 3. The predicted molar refractivity (Wildman–Crippen MR) is 78.4 cm³/mol. The maximum atomic E-state index is 6.23. The molecule has 0 spiro atoms. The predicted octanol–water partition coefficient (Wildman–Crippen LogP) is 4.36. The van der Waals surface area contributed by atoms with Gasteiger partial charge in [0.25, 0.3) is 0 Å². The summed E-state index contributed by atoms with van der Waals surface area (Å²) in [4.78, 5) is 4.32. The molecule has 3 nitrogen and oxygen atoms in total. The van der Waals surface area contributed by atoms with Crippen molar-refractivity contribution in [3.05, 3.63) is 40.9 Å². The molecule has 2 rings (SSSR count). The van der Waals surface area contributed by atoms with E-state index in [1.54, 1.807) is 6.20 Å². The smallest absolute Gasteiger partial charge is 0.211 e. The molecule has 0 radical (unpaired) electrons. The largest absolute Gasteiger partial charge is 0.439 e. The van der Waals surface area contributed by atoms with Crippen LogP contribution in [0.5, 0.6) is 0 Å². The van der Waals surface area contributed by atoms with Gasteiger partial charge in [0, 0.05) is 5.56 Å². The second kappa shape index (κ2) is 6.22. The summed E-state index contributed by atoms with van der Waals surface area (Å²) in [7, 11) is 0. The van der Waals surface area contributed by atoms with E-state index in [-0.39, 0.29) is 6.04 Å². The topological polar surface area (TPSA) is 38.1 Å². The van der Waals surface area contributed by atoms with E-state index in [9.17, 15) is 0 Å². The van der Waals surface area contributed by atoms with Crippen molar-refractivity contribution in [3.8, 4) is 11.3 Å². The molecular weight excluding hydrogens is 260 g/mol. The summed E-state index contributed by atoms with van der Waals surface area (Å²) in [6.07, 6.45) is 2.82. The highest BCUT2D eigenvalue weighted by Gasteiger charge is 2.14. The number of nitrogens with zero attached hydrogens (tertiary/aromatic N) is 1. The lowest BCUT2D eigenvalue weighted by atomic mass is 10.1. The van der Waals surface area contributed by atoms with Gasteiger partial charge in [-0.3, -0.25) is 0 Å². The van der Waals surface area contributed by atoms with Crippen LogP contribution < -0.4 is 5.32 Å². The molecule has 0 saturated heterocycles. The van der Waals surface area contributed by atoms with Gasteiger partial charge in [0.1, 0.15) is 0 Å².